The maximum atomic E-state index is 5.81. The molecule has 1 atom stereocenters. The Labute approximate surface area is 85.1 Å². The molecule has 3 radical (unpaired) electrons. The van der Waals surface area contributed by atoms with Crippen LogP contribution in [-0.4, -0.2) is 22.5 Å². The molecular weight excluding hydrogens is 261 g/mol. The van der Waals surface area contributed by atoms with E-state index in [9.17, 15) is 0 Å². The monoisotopic (exact) mass is 274 g/mol. The fraction of sp³-hybridized carbons (Fsp3) is 0.500. The minimum absolute atomic E-state index is 0.215. The molecule has 0 saturated carbocycles. The number of hydrogen-bond acceptors (Lipinski definition) is 2. The van der Waals surface area contributed by atoms with Crippen LogP contribution in [0, 0.1) is 0 Å². The summed E-state index contributed by atoms with van der Waals surface area (Å²) >= 11 is 3.39. The predicted octanol–water partition coefficient (Wildman–Crippen LogP) is 1.90. The van der Waals surface area contributed by atoms with Gasteiger partial charge in [0.1, 0.15) is 0 Å². The summed E-state index contributed by atoms with van der Waals surface area (Å²) in [5.41, 5.74) is 7.27. The van der Waals surface area contributed by atoms with Gasteiger partial charge in [-0.3, -0.25) is 0 Å². The Hall–Kier alpha value is 0.459. The normalized spacial score (nSPS) is 13.4. The first kappa shape index (κ1) is 9.55. The van der Waals surface area contributed by atoms with Crippen molar-refractivity contribution in [3.05, 3.63) is 21.9 Å². The van der Waals surface area contributed by atoms with Crippen molar-refractivity contribution in [2.75, 3.05) is 0 Å². The second-order valence-electron chi connectivity index (χ2n) is 2.60. The van der Waals surface area contributed by atoms with Crippen molar-refractivity contribution in [2.45, 2.75) is 23.8 Å². The summed E-state index contributed by atoms with van der Waals surface area (Å²) in [5, 5.41) is 2.14. The van der Waals surface area contributed by atoms with Crippen molar-refractivity contribution in [3.63, 3.8) is 0 Å². The van der Waals surface area contributed by atoms with Crippen LogP contribution in [0.15, 0.2) is 11.4 Å². The molecule has 0 aliphatic rings. The third-order valence-electron chi connectivity index (χ3n) is 1.59. The third kappa shape index (κ3) is 2.46. The van der Waals surface area contributed by atoms with Crippen molar-refractivity contribution in [1.29, 1.82) is 0 Å². The molecule has 0 aromatic carbocycles. The Morgan fingerprint density at radius 2 is 2.45 bits per heavy atom. The first-order valence-corrected chi connectivity index (χ1v) is 6.62. The number of aryl methyl sites for hydroxylation is 1. The second kappa shape index (κ2) is 4.48. The predicted molar refractivity (Wildman–Crippen MR) is 51.2 cm³/mol. The van der Waals surface area contributed by atoms with E-state index in [4.69, 9.17) is 5.73 Å². The zero-order valence-corrected chi connectivity index (χ0v) is 10.3. The second-order valence-corrected chi connectivity index (χ2v) is 4.97. The van der Waals surface area contributed by atoms with E-state index in [2.05, 4.69) is 18.4 Å². The van der Waals surface area contributed by atoms with E-state index in [-0.39, 0.29) is 6.04 Å². The first-order valence-electron chi connectivity index (χ1n) is 3.72. The van der Waals surface area contributed by atoms with Crippen LogP contribution < -0.4 is 5.73 Å². The van der Waals surface area contributed by atoms with Gasteiger partial charge in [-0.15, -0.1) is 0 Å². The fourth-order valence-corrected chi connectivity index (χ4v) is 2.77. The molecule has 1 nitrogen and oxygen atoms in total. The first-order chi connectivity index (χ1) is 5.25. The molecule has 2 N–H and O–H groups in total. The molecule has 0 amide bonds. The van der Waals surface area contributed by atoms with Crippen molar-refractivity contribution >= 4 is 33.9 Å². The van der Waals surface area contributed by atoms with E-state index in [1.54, 1.807) is 33.9 Å². The Bertz CT molecular complexity index is 220. The summed E-state index contributed by atoms with van der Waals surface area (Å²) in [5.74, 6) is 0. The summed E-state index contributed by atoms with van der Waals surface area (Å²) in [6, 6.07) is 2.42. The Morgan fingerprint density at radius 3 is 3.00 bits per heavy atom. The van der Waals surface area contributed by atoms with Crippen molar-refractivity contribution in [1.82, 2.24) is 0 Å². The molecule has 11 heavy (non-hydrogen) atoms. The van der Waals surface area contributed by atoms with Crippen LogP contribution >= 0.6 is 11.3 Å². The zero-order valence-electron chi connectivity index (χ0n) is 6.63. The molecule has 0 saturated heterocycles. The average Bonchev–Trinajstić information content (AvgIpc) is 2.36. The maximum absolute atomic E-state index is 5.81. The van der Waals surface area contributed by atoms with Gasteiger partial charge in [-0.25, -0.2) is 0 Å². The molecule has 1 rings (SSSR count). The zero-order chi connectivity index (χ0) is 8.27. The molecule has 1 aromatic rings. The van der Waals surface area contributed by atoms with Crippen molar-refractivity contribution < 1.29 is 0 Å². The molecule has 1 unspecified atom stereocenters. The molecule has 59 valence electrons. The van der Waals surface area contributed by atoms with E-state index in [1.165, 1.54) is 21.3 Å². The standard InChI is InChI=1S/C8H12NS.Sn/c1-3-7-4-5-10-8(7)6(2)9;/h4-6H,1,3,9H2,2H3;. The molecule has 0 bridgehead atoms. The third-order valence-corrected chi connectivity index (χ3v) is 3.46. The Balaban J connectivity index is 2.78. The fourth-order valence-electron chi connectivity index (χ4n) is 1.09. The molecule has 3 heteroatoms. The molecular formula is C8H12NSSn. The average molecular weight is 273 g/mol. The van der Waals surface area contributed by atoms with Gasteiger partial charge in [-0.1, -0.05) is 0 Å². The quantitative estimate of drug-likeness (QED) is 0.836. The van der Waals surface area contributed by atoms with Crippen LogP contribution in [0.2, 0.25) is 4.44 Å². The molecule has 0 aliphatic carbocycles. The topological polar surface area (TPSA) is 26.0 Å². The van der Waals surface area contributed by atoms with Gasteiger partial charge < -0.3 is 0 Å². The van der Waals surface area contributed by atoms with Gasteiger partial charge in [0.15, 0.2) is 0 Å². The van der Waals surface area contributed by atoms with Crippen LogP contribution in [0.3, 0.4) is 0 Å². The van der Waals surface area contributed by atoms with Gasteiger partial charge in [0.2, 0.25) is 0 Å². The van der Waals surface area contributed by atoms with Crippen LogP contribution in [-0.2, 0) is 6.42 Å². The number of nitrogens with two attached hydrogens (primary N) is 1. The number of rotatable bonds is 3. The van der Waals surface area contributed by atoms with Gasteiger partial charge in [0.05, 0.1) is 0 Å². The molecule has 1 aromatic heterocycles. The summed E-state index contributed by atoms with van der Waals surface area (Å²) in [4.78, 5) is 1.37. The van der Waals surface area contributed by atoms with Gasteiger partial charge in [0.25, 0.3) is 0 Å². The molecule has 0 fully saturated rings. The van der Waals surface area contributed by atoms with E-state index in [0.29, 0.717) is 0 Å². The summed E-state index contributed by atoms with van der Waals surface area (Å²) in [6.45, 7) is 2.05. The van der Waals surface area contributed by atoms with E-state index < -0.39 is 0 Å². The van der Waals surface area contributed by atoms with Gasteiger partial charge in [-0.05, 0) is 0 Å². The molecule has 0 aliphatic heterocycles. The van der Waals surface area contributed by atoms with Crippen LogP contribution in [0.4, 0.5) is 0 Å². The summed E-state index contributed by atoms with van der Waals surface area (Å²) < 4.78 is 1.29. The van der Waals surface area contributed by atoms with E-state index >= 15 is 0 Å². The van der Waals surface area contributed by atoms with Crippen LogP contribution in [0.1, 0.15) is 23.4 Å². The van der Waals surface area contributed by atoms with Gasteiger partial charge >= 0.3 is 85.3 Å². The van der Waals surface area contributed by atoms with Crippen LogP contribution in [0.25, 0.3) is 0 Å². The van der Waals surface area contributed by atoms with Crippen molar-refractivity contribution in [2.24, 2.45) is 5.73 Å². The van der Waals surface area contributed by atoms with E-state index in [1.807, 2.05) is 0 Å². The molecule has 0 spiro atoms. The number of thiophene rings is 1. The van der Waals surface area contributed by atoms with Crippen molar-refractivity contribution in [3.8, 4) is 0 Å². The number of hydrogen-bond donors (Lipinski definition) is 1. The summed E-state index contributed by atoms with van der Waals surface area (Å²) in [7, 11) is 0. The Kier molecular flexibility index (Phi) is 3.88. The molecule has 1 heterocycles. The van der Waals surface area contributed by atoms with Gasteiger partial charge in [0, 0.05) is 0 Å². The van der Waals surface area contributed by atoms with E-state index in [0.717, 1.165) is 0 Å². The summed E-state index contributed by atoms with van der Waals surface area (Å²) in [6.07, 6.45) is 1.21. The Morgan fingerprint density at radius 1 is 1.73 bits per heavy atom. The van der Waals surface area contributed by atoms with Gasteiger partial charge in [-0.2, -0.15) is 0 Å². The minimum atomic E-state index is 0.215. The van der Waals surface area contributed by atoms with Crippen LogP contribution in [0.5, 0.6) is 0 Å². The SMILES string of the molecule is CC(N)c1sccc1C[CH2][Sn].